The van der Waals surface area contributed by atoms with Gasteiger partial charge in [-0.2, -0.15) is 0 Å². The minimum atomic E-state index is 0.467. The summed E-state index contributed by atoms with van der Waals surface area (Å²) in [5, 5.41) is 0. The van der Waals surface area contributed by atoms with Crippen LogP contribution in [-0.4, -0.2) is 26.8 Å². The van der Waals surface area contributed by atoms with Crippen LogP contribution in [0.2, 0.25) is 0 Å². The molecule has 0 aromatic heterocycles. The second-order valence-electron chi connectivity index (χ2n) is 6.47. The van der Waals surface area contributed by atoms with Crippen molar-refractivity contribution in [2.24, 2.45) is 0 Å². The molecule has 4 nitrogen and oxygen atoms in total. The Hall–Kier alpha value is -0.670. The Balaban J connectivity index is -0.00000123. The van der Waals surface area contributed by atoms with Gasteiger partial charge in [0.25, 0.3) is 0 Å². The number of carbonyl (C=O) groups is 1. The third kappa shape index (κ3) is 34.6. The van der Waals surface area contributed by atoms with Gasteiger partial charge in [-0.25, -0.2) is 0 Å². The Morgan fingerprint density at radius 2 is 0.962 bits per heavy atom. The Labute approximate surface area is 163 Å². The summed E-state index contributed by atoms with van der Waals surface area (Å²) in [5.74, 6) is 0. The zero-order valence-electron chi connectivity index (χ0n) is 17.6. The van der Waals surface area contributed by atoms with Crippen LogP contribution in [0.3, 0.4) is 0 Å². The molecule has 156 valence electrons. The van der Waals surface area contributed by atoms with E-state index in [-0.39, 0.29) is 0 Å². The van der Waals surface area contributed by atoms with E-state index < -0.39 is 0 Å². The first-order valence-electron chi connectivity index (χ1n) is 10.6. The molecule has 0 fully saturated rings. The van der Waals surface area contributed by atoms with Gasteiger partial charge in [0, 0.05) is 13.2 Å². The molecule has 0 bridgehead atoms. The van der Waals surface area contributed by atoms with Crippen LogP contribution < -0.4 is 0 Å². The fourth-order valence-corrected chi connectivity index (χ4v) is 2.78. The van der Waals surface area contributed by atoms with Gasteiger partial charge >= 0.3 is 11.3 Å². The summed E-state index contributed by atoms with van der Waals surface area (Å²) in [5.41, 5.74) is 0. The van der Waals surface area contributed by atoms with Crippen molar-refractivity contribution >= 4 is 6.79 Å². The van der Waals surface area contributed by atoms with Crippen molar-refractivity contribution < 1.29 is 18.9 Å². The predicted molar refractivity (Wildman–Crippen MR) is 108 cm³/mol. The van der Waals surface area contributed by atoms with Crippen molar-refractivity contribution in [1.82, 2.24) is 0 Å². The number of ether oxygens (including phenoxy) is 2. The summed E-state index contributed by atoms with van der Waals surface area (Å²) in [7, 11) is 0. The molecule has 0 aliphatic carbocycles. The van der Waals surface area contributed by atoms with Crippen LogP contribution in [0.1, 0.15) is 110 Å². The van der Waals surface area contributed by atoms with Gasteiger partial charge in [-0.05, 0) is 13.3 Å². The van der Waals surface area contributed by atoms with Crippen LogP contribution in [0.15, 0.2) is 0 Å². The van der Waals surface area contributed by atoms with E-state index in [9.17, 15) is 0 Å². The Morgan fingerprint density at radius 1 is 0.615 bits per heavy atom. The zero-order chi connectivity index (χ0) is 20.1. The normalized spacial score (nSPS) is 9.69. The minimum absolute atomic E-state index is 0.467. The van der Waals surface area contributed by atoms with E-state index >= 15 is 0 Å². The molecule has 0 radical (unpaired) electrons. The van der Waals surface area contributed by atoms with E-state index in [0.29, 0.717) is 6.79 Å². The van der Waals surface area contributed by atoms with Crippen molar-refractivity contribution in [3.05, 3.63) is 6.65 Å². The molecular formula is C22H44O4. The van der Waals surface area contributed by atoms with Gasteiger partial charge in [0.2, 0.25) is 0 Å². The van der Waals surface area contributed by atoms with Crippen molar-refractivity contribution in [2.45, 2.75) is 110 Å². The van der Waals surface area contributed by atoms with Crippen molar-refractivity contribution in [1.29, 1.82) is 0 Å². The van der Waals surface area contributed by atoms with E-state index in [2.05, 4.69) is 13.6 Å². The average Bonchev–Trinajstić information content (AvgIpc) is 2.70. The van der Waals surface area contributed by atoms with Crippen LogP contribution in [0.25, 0.3) is 0 Å². The van der Waals surface area contributed by atoms with Gasteiger partial charge in [-0.3, -0.25) is 0 Å². The zero-order valence-corrected chi connectivity index (χ0v) is 17.6. The van der Waals surface area contributed by atoms with Gasteiger partial charge in [0.15, 0.2) is 0 Å². The molecule has 0 rings (SSSR count). The molecule has 0 aromatic carbocycles. The standard InChI is InChI=1S/C20H42O2.CH2O.CO/c1-3-5-6-7-8-9-10-11-12-13-14-15-16-17-18-19-22-20-21-4-2;2*1-2/h3-20H2,1-2H3;1H2;. The predicted octanol–water partition coefficient (Wildman–Crippen LogP) is 6.65. The Morgan fingerprint density at radius 3 is 1.31 bits per heavy atom. The number of carbonyl (C=O) groups excluding carboxylic acids is 1. The maximum absolute atomic E-state index is 8.00. The average molecular weight is 373 g/mol. The van der Waals surface area contributed by atoms with Crippen LogP contribution in [0, 0.1) is 6.65 Å². The summed E-state index contributed by atoms with van der Waals surface area (Å²) >= 11 is 0. The third-order valence-electron chi connectivity index (χ3n) is 4.26. The summed E-state index contributed by atoms with van der Waals surface area (Å²) in [6.45, 7) is 12.9. The molecule has 0 aliphatic heterocycles. The maximum atomic E-state index is 8.00. The van der Waals surface area contributed by atoms with E-state index in [1.54, 1.807) is 0 Å². The number of hydrogen-bond acceptors (Lipinski definition) is 3. The van der Waals surface area contributed by atoms with Crippen LogP contribution in [-0.2, 0) is 18.9 Å². The number of hydrogen-bond donors (Lipinski definition) is 0. The number of unbranched alkanes of at least 4 members (excludes halogenated alkanes) is 14. The second-order valence-corrected chi connectivity index (χ2v) is 6.47. The van der Waals surface area contributed by atoms with Crippen LogP contribution in [0.4, 0.5) is 0 Å². The first kappa shape index (κ1) is 30.1. The molecule has 0 atom stereocenters. The van der Waals surface area contributed by atoms with E-state index in [1.807, 2.05) is 13.7 Å². The summed E-state index contributed by atoms with van der Waals surface area (Å²) in [6, 6.07) is 0. The topological polar surface area (TPSA) is 55.4 Å². The Bertz CT molecular complexity index is 211. The van der Waals surface area contributed by atoms with Gasteiger partial charge in [-0.15, -0.1) is 0 Å². The first-order chi connectivity index (χ1) is 12.9. The summed E-state index contributed by atoms with van der Waals surface area (Å²) < 4.78 is 18.0. The molecule has 0 N–H and O–H groups in total. The van der Waals surface area contributed by atoms with E-state index in [1.165, 1.54) is 96.3 Å². The van der Waals surface area contributed by atoms with Crippen molar-refractivity contribution in [2.75, 3.05) is 20.0 Å². The van der Waals surface area contributed by atoms with Crippen LogP contribution in [0.5, 0.6) is 0 Å². The molecule has 0 unspecified atom stereocenters. The van der Waals surface area contributed by atoms with E-state index in [0.717, 1.165) is 13.2 Å². The van der Waals surface area contributed by atoms with Gasteiger partial charge in [0.05, 0.1) is 0 Å². The molecule has 26 heavy (non-hydrogen) atoms. The van der Waals surface area contributed by atoms with Gasteiger partial charge < -0.3 is 14.3 Å². The molecule has 0 aliphatic rings. The van der Waals surface area contributed by atoms with E-state index in [4.69, 9.17) is 18.9 Å². The van der Waals surface area contributed by atoms with Crippen LogP contribution >= 0.6 is 0 Å². The molecule has 0 spiro atoms. The summed E-state index contributed by atoms with van der Waals surface area (Å²) in [4.78, 5) is 8.00. The molecule has 0 saturated carbocycles. The fraction of sp³-hybridized carbons (Fsp3) is 0.909. The molecule has 0 aromatic rings. The quantitative estimate of drug-likeness (QED) is 0.110. The number of rotatable bonds is 19. The third-order valence-corrected chi connectivity index (χ3v) is 4.26. The first-order valence-corrected chi connectivity index (χ1v) is 10.6. The monoisotopic (exact) mass is 372 g/mol. The van der Waals surface area contributed by atoms with Crippen molar-refractivity contribution in [3.63, 3.8) is 0 Å². The Kier molecular flexibility index (Phi) is 41.0. The molecule has 0 amide bonds. The fourth-order valence-electron chi connectivity index (χ4n) is 2.78. The van der Waals surface area contributed by atoms with Gasteiger partial charge in [-0.1, -0.05) is 96.8 Å². The molecular weight excluding hydrogens is 328 g/mol. The molecule has 4 heteroatoms. The van der Waals surface area contributed by atoms with Gasteiger partial charge in [0.1, 0.15) is 13.6 Å². The van der Waals surface area contributed by atoms with Crippen molar-refractivity contribution in [3.8, 4) is 0 Å². The molecule has 0 heterocycles. The molecule has 0 saturated heterocycles. The SMILES string of the molecule is C=O.CCCCCCCCCCCCCCCCCOCOCC.[C-]#[O+]. The second kappa shape index (κ2) is 35.4. The summed E-state index contributed by atoms with van der Waals surface area (Å²) in [6.07, 6.45) is 21.1.